The first-order chi connectivity index (χ1) is 5.66. The number of ether oxygens (including phenoxy) is 1. The fraction of sp³-hybridized carbons (Fsp3) is 0.286. The molecular weight excluding hydrogens is 166 g/mol. The van der Waals surface area contributed by atoms with E-state index in [1.807, 2.05) is 0 Å². The third-order valence-electron chi connectivity index (χ3n) is 1.37. The van der Waals surface area contributed by atoms with Gasteiger partial charge in [-0.1, -0.05) is 0 Å². The van der Waals surface area contributed by atoms with Crippen LogP contribution in [0.2, 0.25) is 0 Å². The monoisotopic (exact) mass is 174 g/mol. The minimum Gasteiger partial charge on any atom is -0.492 e. The molecule has 0 atom stereocenters. The Labute approximate surface area is 68.2 Å². The van der Waals surface area contributed by atoms with E-state index >= 15 is 0 Å². The van der Waals surface area contributed by atoms with Gasteiger partial charge in [0.15, 0.2) is 11.4 Å². The van der Waals surface area contributed by atoms with Gasteiger partial charge in [0.2, 0.25) is 0 Å². The van der Waals surface area contributed by atoms with Crippen molar-refractivity contribution >= 4 is 5.69 Å². The van der Waals surface area contributed by atoms with Crippen LogP contribution in [0, 0.1) is 0 Å². The second-order valence-electron chi connectivity index (χ2n) is 2.12. The number of nitrogens with two attached hydrogens (primary N) is 1. The molecule has 5 heteroatoms. The Morgan fingerprint density at radius 3 is 2.67 bits per heavy atom. The Morgan fingerprint density at radius 1 is 1.58 bits per heavy atom. The zero-order chi connectivity index (χ0) is 9.14. The highest BCUT2D eigenvalue weighted by atomic mass is 19.3. The molecule has 0 unspecified atom stereocenters. The van der Waals surface area contributed by atoms with E-state index in [0.29, 0.717) is 0 Å². The fourth-order valence-corrected chi connectivity index (χ4v) is 0.858. The molecule has 0 aliphatic rings. The SMILES string of the molecule is COc1c(N)ccnc1C(F)F. The third kappa shape index (κ3) is 1.44. The number of hydrogen-bond donors (Lipinski definition) is 1. The molecule has 0 aliphatic carbocycles. The number of nitrogens with zero attached hydrogens (tertiary/aromatic N) is 1. The van der Waals surface area contributed by atoms with Crippen molar-refractivity contribution < 1.29 is 13.5 Å². The second kappa shape index (κ2) is 3.34. The summed E-state index contributed by atoms with van der Waals surface area (Å²) in [5.41, 5.74) is 5.12. The van der Waals surface area contributed by atoms with Gasteiger partial charge in [0.1, 0.15) is 0 Å². The average molecular weight is 174 g/mol. The number of rotatable bonds is 2. The van der Waals surface area contributed by atoms with E-state index < -0.39 is 12.1 Å². The molecule has 1 rings (SSSR count). The molecule has 0 radical (unpaired) electrons. The Morgan fingerprint density at radius 2 is 2.25 bits per heavy atom. The van der Waals surface area contributed by atoms with Gasteiger partial charge in [-0.2, -0.15) is 0 Å². The van der Waals surface area contributed by atoms with E-state index in [9.17, 15) is 8.78 Å². The molecule has 0 amide bonds. The number of alkyl halides is 2. The number of pyridine rings is 1. The van der Waals surface area contributed by atoms with Gasteiger partial charge < -0.3 is 10.5 Å². The van der Waals surface area contributed by atoms with Crippen LogP contribution < -0.4 is 10.5 Å². The lowest BCUT2D eigenvalue weighted by Crippen LogP contribution is -2.00. The second-order valence-corrected chi connectivity index (χ2v) is 2.12. The summed E-state index contributed by atoms with van der Waals surface area (Å²) in [5, 5.41) is 0. The molecule has 1 aromatic rings. The summed E-state index contributed by atoms with van der Waals surface area (Å²) < 4.78 is 29.1. The van der Waals surface area contributed by atoms with Crippen LogP contribution in [-0.4, -0.2) is 12.1 Å². The summed E-state index contributed by atoms with van der Waals surface area (Å²) in [4.78, 5) is 3.45. The highest BCUT2D eigenvalue weighted by Crippen LogP contribution is 2.30. The van der Waals surface area contributed by atoms with Crippen LogP contribution in [-0.2, 0) is 0 Å². The van der Waals surface area contributed by atoms with Gasteiger partial charge in [-0.3, -0.25) is 4.98 Å². The smallest absolute Gasteiger partial charge is 0.284 e. The van der Waals surface area contributed by atoms with Gasteiger partial charge in [-0.25, -0.2) is 8.78 Å². The third-order valence-corrected chi connectivity index (χ3v) is 1.37. The van der Waals surface area contributed by atoms with Crippen LogP contribution in [0.25, 0.3) is 0 Å². The minimum absolute atomic E-state index is 0.0486. The topological polar surface area (TPSA) is 48.1 Å². The molecule has 0 aromatic carbocycles. The van der Waals surface area contributed by atoms with Crippen molar-refractivity contribution in [3.63, 3.8) is 0 Å². The van der Waals surface area contributed by atoms with Gasteiger partial charge in [-0.15, -0.1) is 0 Å². The number of halogens is 2. The Bertz CT molecular complexity index is 278. The molecule has 0 saturated heterocycles. The van der Waals surface area contributed by atoms with Crippen molar-refractivity contribution in [3.8, 4) is 5.75 Å². The van der Waals surface area contributed by atoms with Gasteiger partial charge in [-0.05, 0) is 6.07 Å². The summed E-state index contributed by atoms with van der Waals surface area (Å²) in [6.45, 7) is 0. The molecule has 66 valence electrons. The first-order valence-electron chi connectivity index (χ1n) is 3.23. The van der Waals surface area contributed by atoms with Gasteiger partial charge in [0.05, 0.1) is 12.8 Å². The first-order valence-corrected chi connectivity index (χ1v) is 3.23. The highest BCUT2D eigenvalue weighted by molar-refractivity contribution is 5.54. The Balaban J connectivity index is 3.18. The zero-order valence-corrected chi connectivity index (χ0v) is 6.42. The summed E-state index contributed by atoms with van der Waals surface area (Å²) in [7, 11) is 1.28. The van der Waals surface area contributed by atoms with Crippen molar-refractivity contribution in [2.45, 2.75) is 6.43 Å². The van der Waals surface area contributed by atoms with E-state index in [-0.39, 0.29) is 11.4 Å². The predicted molar refractivity (Wildman–Crippen MR) is 40.2 cm³/mol. The number of anilines is 1. The number of methoxy groups -OCH3 is 1. The summed E-state index contributed by atoms with van der Waals surface area (Å²) in [6, 6.07) is 1.41. The maximum absolute atomic E-state index is 12.2. The van der Waals surface area contributed by atoms with Crippen LogP contribution in [0.4, 0.5) is 14.5 Å². The molecule has 0 fully saturated rings. The van der Waals surface area contributed by atoms with Crippen LogP contribution >= 0.6 is 0 Å². The van der Waals surface area contributed by atoms with Crippen LogP contribution in [0.5, 0.6) is 5.75 Å². The Hall–Kier alpha value is -1.39. The van der Waals surface area contributed by atoms with Crippen molar-refractivity contribution in [1.29, 1.82) is 0 Å². The van der Waals surface area contributed by atoms with E-state index in [1.54, 1.807) is 0 Å². The van der Waals surface area contributed by atoms with Crippen molar-refractivity contribution in [1.82, 2.24) is 4.98 Å². The number of aromatic nitrogens is 1. The lowest BCUT2D eigenvalue weighted by molar-refractivity contribution is 0.141. The van der Waals surface area contributed by atoms with Crippen LogP contribution in [0.1, 0.15) is 12.1 Å². The summed E-state index contributed by atoms with van der Waals surface area (Å²) in [6.07, 6.45) is -1.44. The van der Waals surface area contributed by atoms with Crippen LogP contribution in [0.15, 0.2) is 12.3 Å². The molecule has 3 nitrogen and oxygen atoms in total. The largest absolute Gasteiger partial charge is 0.492 e. The zero-order valence-electron chi connectivity index (χ0n) is 6.42. The lowest BCUT2D eigenvalue weighted by Gasteiger charge is -2.07. The standard InChI is InChI=1S/C7H8F2N2O/c1-12-6-4(10)2-3-11-5(6)7(8)9/h2-3,7H,1H3,(H2,10,11). The van der Waals surface area contributed by atoms with E-state index in [2.05, 4.69) is 9.72 Å². The molecular formula is C7H8F2N2O. The van der Waals surface area contributed by atoms with Gasteiger partial charge >= 0.3 is 0 Å². The van der Waals surface area contributed by atoms with Gasteiger partial charge in [0, 0.05) is 6.20 Å². The number of hydrogen-bond acceptors (Lipinski definition) is 3. The maximum atomic E-state index is 12.2. The maximum Gasteiger partial charge on any atom is 0.284 e. The predicted octanol–water partition coefficient (Wildman–Crippen LogP) is 1.61. The average Bonchev–Trinajstić information content (AvgIpc) is 2.03. The van der Waals surface area contributed by atoms with Crippen molar-refractivity contribution in [2.75, 3.05) is 12.8 Å². The fourth-order valence-electron chi connectivity index (χ4n) is 0.858. The van der Waals surface area contributed by atoms with E-state index in [4.69, 9.17) is 5.73 Å². The van der Waals surface area contributed by atoms with Crippen molar-refractivity contribution in [3.05, 3.63) is 18.0 Å². The molecule has 0 bridgehead atoms. The molecule has 1 aromatic heterocycles. The molecule has 0 saturated carbocycles. The minimum atomic E-state index is -2.66. The van der Waals surface area contributed by atoms with Crippen LogP contribution in [0.3, 0.4) is 0 Å². The quantitative estimate of drug-likeness (QED) is 0.740. The normalized spacial score (nSPS) is 10.3. The van der Waals surface area contributed by atoms with E-state index in [1.165, 1.54) is 19.4 Å². The summed E-state index contributed by atoms with van der Waals surface area (Å²) in [5.74, 6) is -0.0486. The first kappa shape index (κ1) is 8.70. The van der Waals surface area contributed by atoms with Crippen molar-refractivity contribution in [2.24, 2.45) is 0 Å². The summed E-state index contributed by atoms with van der Waals surface area (Å²) >= 11 is 0. The van der Waals surface area contributed by atoms with E-state index in [0.717, 1.165) is 0 Å². The lowest BCUT2D eigenvalue weighted by atomic mass is 10.3. The molecule has 2 N–H and O–H groups in total. The van der Waals surface area contributed by atoms with Gasteiger partial charge in [0.25, 0.3) is 6.43 Å². The number of nitrogen functional groups attached to an aromatic ring is 1. The highest BCUT2D eigenvalue weighted by Gasteiger charge is 2.16. The molecule has 0 spiro atoms. The molecule has 0 aliphatic heterocycles. The Kier molecular flexibility index (Phi) is 2.42. The molecule has 12 heavy (non-hydrogen) atoms. The molecule has 1 heterocycles.